The molecule has 1 saturated heterocycles. The monoisotopic (exact) mass is 279 g/mol. The highest BCUT2D eigenvalue weighted by Gasteiger charge is 2.21. The fourth-order valence-corrected chi connectivity index (χ4v) is 1.93. The molecule has 1 aromatic rings. The van der Waals surface area contributed by atoms with Crippen LogP contribution < -0.4 is 15.4 Å². The van der Waals surface area contributed by atoms with E-state index in [1.807, 2.05) is 26.0 Å². The number of hydrogen-bond acceptors (Lipinski definition) is 5. The molecule has 0 aromatic carbocycles. The molecule has 0 bridgehead atoms. The lowest BCUT2D eigenvalue weighted by molar-refractivity contribution is -0.126. The van der Waals surface area contributed by atoms with Crippen molar-refractivity contribution in [2.24, 2.45) is 0 Å². The fraction of sp³-hybridized carbons (Fsp3) is 0.571. The number of hydrogen-bond donors (Lipinski definition) is 2. The Labute approximate surface area is 118 Å². The van der Waals surface area contributed by atoms with Crippen molar-refractivity contribution in [1.29, 1.82) is 0 Å². The number of nitrogens with one attached hydrogen (secondary N) is 2. The Bertz CT molecular complexity index is 445. The van der Waals surface area contributed by atoms with Crippen LogP contribution in [0.15, 0.2) is 18.3 Å². The summed E-state index contributed by atoms with van der Waals surface area (Å²) in [6.07, 6.45) is 1.73. The quantitative estimate of drug-likeness (QED) is 0.820. The van der Waals surface area contributed by atoms with Gasteiger partial charge in [-0.25, -0.2) is 4.98 Å². The van der Waals surface area contributed by atoms with Crippen molar-refractivity contribution in [2.45, 2.75) is 32.5 Å². The molecule has 0 aliphatic carbocycles. The second kappa shape index (κ2) is 7.21. The zero-order chi connectivity index (χ0) is 14.4. The van der Waals surface area contributed by atoms with E-state index in [1.54, 1.807) is 6.20 Å². The molecule has 6 heteroatoms. The third kappa shape index (κ3) is 4.18. The molecular weight excluding hydrogens is 258 g/mol. The number of carbonyl (C=O) groups is 1. The smallest absolute Gasteiger partial charge is 0.239 e. The molecule has 1 aromatic heterocycles. The second-order valence-electron chi connectivity index (χ2n) is 4.93. The van der Waals surface area contributed by atoms with Crippen molar-refractivity contribution < 1.29 is 14.3 Å². The van der Waals surface area contributed by atoms with Crippen molar-refractivity contribution in [3.05, 3.63) is 23.9 Å². The van der Waals surface area contributed by atoms with Crippen LogP contribution in [0.4, 0.5) is 0 Å². The maximum Gasteiger partial charge on any atom is 0.239 e. The normalized spacial score (nSPS) is 18.9. The summed E-state index contributed by atoms with van der Waals surface area (Å²) < 4.78 is 10.9. The number of pyridine rings is 1. The highest BCUT2D eigenvalue weighted by Crippen LogP contribution is 2.15. The lowest BCUT2D eigenvalue weighted by Gasteiger charge is -2.23. The lowest BCUT2D eigenvalue weighted by atomic mass is 10.2. The maximum absolute atomic E-state index is 12.0. The van der Waals surface area contributed by atoms with Crippen molar-refractivity contribution in [1.82, 2.24) is 15.6 Å². The van der Waals surface area contributed by atoms with Gasteiger partial charge in [-0.3, -0.25) is 4.79 Å². The zero-order valence-electron chi connectivity index (χ0n) is 11.9. The van der Waals surface area contributed by atoms with E-state index in [2.05, 4.69) is 15.6 Å². The van der Waals surface area contributed by atoms with E-state index in [0.717, 1.165) is 5.56 Å². The molecule has 20 heavy (non-hydrogen) atoms. The van der Waals surface area contributed by atoms with Crippen LogP contribution in [0.2, 0.25) is 0 Å². The van der Waals surface area contributed by atoms with E-state index in [4.69, 9.17) is 9.47 Å². The Hall–Kier alpha value is -1.66. The Kier molecular flexibility index (Phi) is 5.31. The average molecular weight is 279 g/mol. The van der Waals surface area contributed by atoms with Crippen molar-refractivity contribution in [3.63, 3.8) is 0 Å². The number of amides is 1. The van der Waals surface area contributed by atoms with Gasteiger partial charge in [0.2, 0.25) is 11.8 Å². The van der Waals surface area contributed by atoms with Crippen molar-refractivity contribution >= 4 is 5.91 Å². The van der Waals surface area contributed by atoms with Crippen LogP contribution in [0, 0.1) is 0 Å². The van der Waals surface area contributed by atoms with Gasteiger partial charge in [-0.1, -0.05) is 6.07 Å². The molecule has 1 aliphatic rings. The maximum atomic E-state index is 12.0. The first-order valence-corrected chi connectivity index (χ1v) is 6.86. The standard InChI is InChI=1S/C14H21N3O3/c1-10(2)20-14-11(4-3-5-16-14)8-17-13(18)12-9-19-7-6-15-12/h3-5,10,12,15H,6-9H2,1-2H3,(H,17,18). The number of ether oxygens (including phenoxy) is 2. The van der Waals surface area contributed by atoms with Crippen LogP contribution in [-0.2, 0) is 16.1 Å². The predicted octanol–water partition coefficient (Wildman–Crippen LogP) is 0.473. The molecule has 0 saturated carbocycles. The summed E-state index contributed by atoms with van der Waals surface area (Å²) in [7, 11) is 0. The number of carbonyl (C=O) groups excluding carboxylic acids is 1. The largest absolute Gasteiger partial charge is 0.475 e. The minimum atomic E-state index is -0.283. The van der Waals surface area contributed by atoms with E-state index >= 15 is 0 Å². The highest BCUT2D eigenvalue weighted by molar-refractivity contribution is 5.82. The molecular formula is C14H21N3O3. The Balaban J connectivity index is 1.91. The van der Waals surface area contributed by atoms with E-state index in [9.17, 15) is 4.79 Å². The summed E-state index contributed by atoms with van der Waals surface area (Å²) in [5.74, 6) is 0.500. The molecule has 0 radical (unpaired) electrons. The Morgan fingerprint density at radius 3 is 3.20 bits per heavy atom. The zero-order valence-corrected chi connectivity index (χ0v) is 11.9. The summed E-state index contributed by atoms with van der Waals surface area (Å²) in [4.78, 5) is 16.2. The topological polar surface area (TPSA) is 72.5 Å². The van der Waals surface area contributed by atoms with Crippen LogP contribution in [0.1, 0.15) is 19.4 Å². The molecule has 1 unspecified atom stereocenters. The summed E-state index contributed by atoms with van der Waals surface area (Å²) >= 11 is 0. The van der Waals surface area contributed by atoms with Crippen molar-refractivity contribution in [3.8, 4) is 5.88 Å². The minimum absolute atomic E-state index is 0.0489. The third-order valence-corrected chi connectivity index (χ3v) is 2.89. The highest BCUT2D eigenvalue weighted by atomic mass is 16.5. The van der Waals surface area contributed by atoms with E-state index in [1.165, 1.54) is 0 Å². The number of aromatic nitrogens is 1. The van der Waals surface area contributed by atoms with Crippen LogP contribution in [0.5, 0.6) is 5.88 Å². The van der Waals surface area contributed by atoms with E-state index in [-0.39, 0.29) is 18.1 Å². The Morgan fingerprint density at radius 1 is 1.65 bits per heavy atom. The molecule has 0 spiro atoms. The molecule has 1 aliphatic heterocycles. The number of nitrogens with zero attached hydrogens (tertiary/aromatic N) is 1. The van der Waals surface area contributed by atoms with Gasteiger partial charge in [0.05, 0.1) is 19.3 Å². The van der Waals surface area contributed by atoms with Crippen LogP contribution in [0.3, 0.4) is 0 Å². The van der Waals surface area contributed by atoms with Gasteiger partial charge in [-0.15, -0.1) is 0 Å². The minimum Gasteiger partial charge on any atom is -0.475 e. The van der Waals surface area contributed by atoms with Gasteiger partial charge >= 0.3 is 0 Å². The third-order valence-electron chi connectivity index (χ3n) is 2.89. The Morgan fingerprint density at radius 2 is 2.50 bits per heavy atom. The van der Waals surface area contributed by atoms with Gasteiger partial charge in [0.1, 0.15) is 6.04 Å². The molecule has 2 heterocycles. The summed E-state index contributed by atoms with van der Waals surface area (Å²) in [5.41, 5.74) is 0.867. The van der Waals surface area contributed by atoms with Gasteiger partial charge in [-0.2, -0.15) is 0 Å². The van der Waals surface area contributed by atoms with E-state index in [0.29, 0.717) is 32.2 Å². The number of morpholine rings is 1. The first-order valence-electron chi connectivity index (χ1n) is 6.86. The summed E-state index contributed by atoms with van der Waals surface area (Å²) in [6, 6.07) is 3.45. The first-order chi connectivity index (χ1) is 9.66. The summed E-state index contributed by atoms with van der Waals surface area (Å²) in [6.45, 7) is 6.05. The van der Waals surface area contributed by atoms with Crippen molar-refractivity contribution in [2.75, 3.05) is 19.8 Å². The van der Waals surface area contributed by atoms with Crippen LogP contribution >= 0.6 is 0 Å². The van der Waals surface area contributed by atoms with Gasteiger partial charge in [-0.05, 0) is 19.9 Å². The van der Waals surface area contributed by atoms with Gasteiger partial charge in [0.25, 0.3) is 0 Å². The molecule has 6 nitrogen and oxygen atoms in total. The van der Waals surface area contributed by atoms with Gasteiger partial charge < -0.3 is 20.1 Å². The second-order valence-corrected chi connectivity index (χ2v) is 4.93. The SMILES string of the molecule is CC(C)Oc1ncccc1CNC(=O)C1COCCN1. The lowest BCUT2D eigenvalue weighted by Crippen LogP contribution is -2.51. The molecule has 1 atom stereocenters. The molecule has 2 rings (SSSR count). The molecule has 1 fully saturated rings. The average Bonchev–Trinajstić information content (AvgIpc) is 2.46. The van der Waals surface area contributed by atoms with Gasteiger partial charge in [0.15, 0.2) is 0 Å². The van der Waals surface area contributed by atoms with E-state index < -0.39 is 0 Å². The predicted molar refractivity (Wildman–Crippen MR) is 74.5 cm³/mol. The molecule has 2 N–H and O–H groups in total. The van der Waals surface area contributed by atoms with Crippen LogP contribution in [0.25, 0.3) is 0 Å². The number of rotatable bonds is 5. The molecule has 110 valence electrons. The summed E-state index contributed by atoms with van der Waals surface area (Å²) in [5, 5.41) is 6.00. The van der Waals surface area contributed by atoms with Gasteiger partial charge in [0, 0.05) is 24.8 Å². The molecule has 1 amide bonds. The first kappa shape index (κ1) is 14.7. The fourth-order valence-electron chi connectivity index (χ4n) is 1.93. The van der Waals surface area contributed by atoms with Crippen LogP contribution in [-0.4, -0.2) is 42.8 Å².